The molecule has 0 aromatic heterocycles. The number of aliphatic hydroxyl groups excluding tert-OH is 1. The number of aliphatic hydroxyl groups is 1. The Bertz CT molecular complexity index is 2860. The van der Waals surface area contributed by atoms with E-state index in [2.05, 4.69) is 31.9 Å². The molecule has 11 N–H and O–H groups in total. The Morgan fingerprint density at radius 2 is 1.34 bits per heavy atom. The second-order valence-electron chi connectivity index (χ2n) is 24.9. The lowest BCUT2D eigenvalue weighted by molar-refractivity contribution is -0.148. The average molecular weight is 1290 g/mol. The maximum atomic E-state index is 14.8. The molecule has 0 unspecified atom stereocenters. The number of hydrogen-bond acceptors (Lipinski definition) is 16. The fraction of sp³-hybridized carbons (Fsp3) is 0.615. The molecule has 0 spiro atoms. The van der Waals surface area contributed by atoms with E-state index in [-0.39, 0.29) is 55.8 Å². The molecular weight excluding hydrogens is 1190 g/mol. The number of methoxy groups -OCH3 is 2. The number of amides is 12. The quantitative estimate of drug-likeness (QED) is 0.0354. The fourth-order valence-electron chi connectivity index (χ4n) is 11.7. The average Bonchev–Trinajstić information content (AvgIpc) is 1.42. The number of carbonyl (C=O) groups is 11. The number of rotatable bonds is 35. The Labute approximate surface area is 540 Å². The zero-order valence-electron chi connectivity index (χ0n) is 55.8. The molecule has 0 bridgehead atoms. The van der Waals surface area contributed by atoms with Gasteiger partial charge in [0.05, 0.1) is 48.8 Å². The molecule has 27 nitrogen and oxygen atoms in total. The molecule has 0 saturated carbocycles. The van der Waals surface area contributed by atoms with E-state index in [1.165, 1.54) is 38.3 Å². The highest BCUT2D eigenvalue weighted by Gasteiger charge is 2.45. The number of primary amides is 1. The van der Waals surface area contributed by atoms with E-state index in [1.807, 2.05) is 32.0 Å². The summed E-state index contributed by atoms with van der Waals surface area (Å²) in [5.41, 5.74) is 12.5. The van der Waals surface area contributed by atoms with Crippen molar-refractivity contribution in [3.63, 3.8) is 0 Å². The van der Waals surface area contributed by atoms with Crippen LogP contribution in [0.3, 0.4) is 0 Å². The van der Waals surface area contributed by atoms with Gasteiger partial charge in [0.25, 0.3) is 11.8 Å². The van der Waals surface area contributed by atoms with Crippen LogP contribution in [0.15, 0.2) is 66.7 Å². The van der Waals surface area contributed by atoms with E-state index in [9.17, 15) is 57.8 Å². The lowest BCUT2D eigenvalue weighted by atomic mass is 9.89. The Balaban J connectivity index is 1.41. The van der Waals surface area contributed by atoms with Crippen molar-refractivity contribution in [1.29, 1.82) is 0 Å². The van der Waals surface area contributed by atoms with Gasteiger partial charge in [-0.15, -0.1) is 0 Å². The van der Waals surface area contributed by atoms with Gasteiger partial charge in [-0.25, -0.2) is 9.59 Å². The molecule has 1 fully saturated rings. The van der Waals surface area contributed by atoms with Gasteiger partial charge in [-0.3, -0.25) is 53.0 Å². The standard InChI is InChI=1S/C65H100N12O15/c1-15-39(8)55(48(90-13)33-51(80)76-32-20-24-46(76)57(91-14)40(9)58(82)69-41(10)56(81)43-21-17-16-18-22-43)74(11)63(87)53(37(4)5)73-62(86)54(38(6)7)75(12)65(89)92-35-42-25-27-44(28-26-42)70-59(83)45(23-19-31-68-64(67)88)71-61(85)52(36(2)3)72-60(84)47(34-66)77-49(78)29-30-50(77)79/h16-18,21-22,25-30,36-41,45-48,52-57,81H,15,19-20,23-24,31-35,66H2,1-14H3,(H,69,82)(H,70,83)(H,71,85)(H,72,84)(H,73,86)(H3,67,68,88)/t39-,40+,41+,45-,46-,47-,48+,52-,53-,54-,55-,56+,57+/m0/s1. The minimum Gasteiger partial charge on any atom is -0.445 e. The molecule has 27 heteroatoms. The molecule has 510 valence electrons. The third kappa shape index (κ3) is 20.8. The first kappa shape index (κ1) is 76.4. The third-order valence-corrected chi connectivity index (χ3v) is 17.2. The van der Waals surface area contributed by atoms with E-state index in [1.54, 1.807) is 91.6 Å². The van der Waals surface area contributed by atoms with Crippen molar-refractivity contribution in [3.8, 4) is 0 Å². The van der Waals surface area contributed by atoms with Crippen LogP contribution >= 0.6 is 0 Å². The number of nitrogens with one attached hydrogen (secondary N) is 6. The largest absolute Gasteiger partial charge is 0.445 e. The molecule has 1 saturated heterocycles. The summed E-state index contributed by atoms with van der Waals surface area (Å²) in [5.74, 6) is -7.68. The molecule has 13 atom stereocenters. The number of hydrogen-bond donors (Lipinski definition) is 9. The van der Waals surface area contributed by atoms with Crippen LogP contribution in [0.2, 0.25) is 0 Å². The Morgan fingerprint density at radius 1 is 0.728 bits per heavy atom. The molecule has 0 radical (unpaired) electrons. The Morgan fingerprint density at radius 3 is 1.88 bits per heavy atom. The van der Waals surface area contributed by atoms with E-state index in [4.69, 9.17) is 25.7 Å². The molecule has 92 heavy (non-hydrogen) atoms. The Hall–Kier alpha value is -8.01. The number of imide groups is 1. The number of anilines is 1. The molecular formula is C65H100N12O15. The van der Waals surface area contributed by atoms with Crippen LogP contribution in [0.1, 0.15) is 125 Å². The van der Waals surface area contributed by atoms with Crippen LogP contribution in [0.5, 0.6) is 0 Å². The van der Waals surface area contributed by atoms with Crippen LogP contribution in [0.25, 0.3) is 0 Å². The number of ether oxygens (including phenoxy) is 3. The van der Waals surface area contributed by atoms with Crippen LogP contribution in [0.4, 0.5) is 15.3 Å². The summed E-state index contributed by atoms with van der Waals surface area (Å²) in [6.07, 6.45) is 0.745. The maximum Gasteiger partial charge on any atom is 0.410 e. The van der Waals surface area contributed by atoms with Gasteiger partial charge in [0.2, 0.25) is 41.4 Å². The van der Waals surface area contributed by atoms with Gasteiger partial charge in [0.15, 0.2) is 0 Å². The van der Waals surface area contributed by atoms with Gasteiger partial charge < -0.3 is 72.5 Å². The molecule has 12 amide bonds. The van der Waals surface area contributed by atoms with Crippen LogP contribution in [-0.4, -0.2) is 198 Å². The molecule has 2 aliphatic rings. The van der Waals surface area contributed by atoms with Crippen molar-refractivity contribution in [2.75, 3.05) is 53.3 Å². The summed E-state index contributed by atoms with van der Waals surface area (Å²) in [6, 6.07) is 6.77. The number of nitrogens with two attached hydrogens (primary N) is 2. The highest BCUT2D eigenvalue weighted by atomic mass is 16.6. The number of likely N-dealkylation sites (tertiary alicyclic amines) is 1. The van der Waals surface area contributed by atoms with Crippen LogP contribution in [-0.2, 0) is 64.0 Å². The summed E-state index contributed by atoms with van der Waals surface area (Å²) >= 11 is 0. The van der Waals surface area contributed by atoms with Gasteiger partial charge in [-0.1, -0.05) is 111 Å². The first-order chi connectivity index (χ1) is 43.4. The van der Waals surface area contributed by atoms with Gasteiger partial charge in [0.1, 0.15) is 36.8 Å². The lowest BCUT2D eigenvalue weighted by Crippen LogP contribution is -2.60. The summed E-state index contributed by atoms with van der Waals surface area (Å²) in [4.78, 5) is 153. The van der Waals surface area contributed by atoms with E-state index in [0.29, 0.717) is 41.8 Å². The van der Waals surface area contributed by atoms with E-state index >= 15 is 0 Å². The SMILES string of the molecule is CC[C@H](C)[C@@H]([C@@H](CC(=O)N1CCC[C@H]1[C@H](OC)[C@@H](C)C(=O)N[C@H](C)[C@@H](O)c1ccccc1)OC)N(C)C(=O)[C@@H](NC(=O)[C@H](C(C)C)N(C)C(=O)OCc1ccc(NC(=O)[C@H](CCCNC(N)=O)NC(=O)[C@@H](NC(=O)[C@H](CN)N2C(=O)C=CC2=O)C(C)C)cc1)C(C)C. The second-order valence-corrected chi connectivity index (χ2v) is 24.9. The van der Waals surface area contributed by atoms with Crippen LogP contribution < -0.4 is 43.4 Å². The van der Waals surface area contributed by atoms with Gasteiger partial charge in [0, 0.05) is 65.8 Å². The maximum absolute atomic E-state index is 14.8. The number of benzene rings is 2. The van der Waals surface area contributed by atoms with E-state index < -0.39 is 150 Å². The molecule has 2 aromatic carbocycles. The van der Waals surface area contributed by atoms with Crippen molar-refractivity contribution in [1.82, 2.24) is 46.2 Å². The predicted octanol–water partition coefficient (Wildman–Crippen LogP) is 2.84. The smallest absolute Gasteiger partial charge is 0.410 e. The Kier molecular flexibility index (Phi) is 30.2. The highest BCUT2D eigenvalue weighted by molar-refractivity contribution is 6.15. The molecule has 2 aromatic rings. The van der Waals surface area contributed by atoms with Gasteiger partial charge >= 0.3 is 12.1 Å². The fourth-order valence-corrected chi connectivity index (χ4v) is 11.7. The van der Waals surface area contributed by atoms with Crippen molar-refractivity contribution < 1.29 is 72.1 Å². The van der Waals surface area contributed by atoms with Crippen molar-refractivity contribution in [2.24, 2.45) is 41.1 Å². The topological polar surface area (TPSA) is 373 Å². The van der Waals surface area contributed by atoms with Crippen molar-refractivity contribution >= 4 is 71.0 Å². The van der Waals surface area contributed by atoms with Gasteiger partial charge in [-0.2, -0.15) is 0 Å². The first-order valence-electron chi connectivity index (χ1n) is 31.6. The normalized spacial score (nSPS) is 17.9. The molecule has 2 heterocycles. The van der Waals surface area contributed by atoms with Crippen molar-refractivity contribution in [2.45, 2.75) is 181 Å². The monoisotopic (exact) mass is 1290 g/mol. The first-order valence-corrected chi connectivity index (χ1v) is 31.6. The van der Waals surface area contributed by atoms with E-state index in [0.717, 1.165) is 17.1 Å². The molecule has 0 aliphatic carbocycles. The number of urea groups is 1. The predicted molar refractivity (Wildman–Crippen MR) is 343 cm³/mol. The van der Waals surface area contributed by atoms with Gasteiger partial charge in [-0.05, 0) is 79.5 Å². The third-order valence-electron chi connectivity index (χ3n) is 17.2. The minimum absolute atomic E-state index is 0.0110. The summed E-state index contributed by atoms with van der Waals surface area (Å²) < 4.78 is 17.7. The minimum atomic E-state index is -1.41. The highest BCUT2D eigenvalue weighted by Crippen LogP contribution is 2.31. The second kappa shape index (κ2) is 36.3. The van der Waals surface area contributed by atoms with Crippen molar-refractivity contribution in [3.05, 3.63) is 77.9 Å². The summed E-state index contributed by atoms with van der Waals surface area (Å²) in [5, 5.41) is 27.2. The molecule has 4 rings (SSSR count). The summed E-state index contributed by atoms with van der Waals surface area (Å²) in [6.45, 7) is 17.6. The number of likely N-dealkylation sites (N-methyl/N-ethyl adjacent to an activating group) is 2. The lowest BCUT2D eigenvalue weighted by Gasteiger charge is -2.41. The zero-order valence-corrected chi connectivity index (χ0v) is 55.8. The number of nitrogens with zero attached hydrogens (tertiary/aromatic N) is 4. The molecule has 2 aliphatic heterocycles. The summed E-state index contributed by atoms with van der Waals surface area (Å²) in [7, 11) is 6.05. The van der Waals surface area contributed by atoms with Crippen LogP contribution in [0, 0.1) is 29.6 Å². The zero-order chi connectivity index (χ0) is 68.8. The number of carbonyl (C=O) groups excluding carboxylic acids is 11.